The number of carboxylic acids is 1. The van der Waals surface area contributed by atoms with Crippen molar-refractivity contribution in [2.24, 2.45) is 5.41 Å². The number of aliphatic carboxylic acids is 1. The van der Waals surface area contributed by atoms with E-state index in [1.54, 1.807) is 25.1 Å². The zero-order valence-corrected chi connectivity index (χ0v) is 17.5. The van der Waals surface area contributed by atoms with Crippen LogP contribution in [-0.4, -0.2) is 30.9 Å². The van der Waals surface area contributed by atoms with Crippen LogP contribution in [0.1, 0.15) is 43.2 Å². The monoisotopic (exact) mass is 432 g/mol. The maximum atomic E-state index is 14.4. The molecule has 31 heavy (non-hydrogen) atoms. The second-order valence-electron chi connectivity index (χ2n) is 8.67. The largest absolute Gasteiger partial charge is 0.480 e. The lowest BCUT2D eigenvalue weighted by molar-refractivity contribution is -0.194. The molecule has 3 aliphatic rings. The molecule has 2 aliphatic heterocycles. The summed E-state index contributed by atoms with van der Waals surface area (Å²) in [7, 11) is 0. The molecule has 166 valence electrons. The Bertz CT molecular complexity index is 950. The molecule has 1 N–H and O–H groups in total. The smallest absolute Gasteiger partial charge is 0.329 e. The van der Waals surface area contributed by atoms with Crippen molar-refractivity contribution in [2.75, 3.05) is 19.8 Å². The van der Waals surface area contributed by atoms with Gasteiger partial charge in [0.15, 0.2) is 0 Å². The van der Waals surface area contributed by atoms with Gasteiger partial charge in [0, 0.05) is 18.7 Å². The summed E-state index contributed by atoms with van der Waals surface area (Å²) in [5.74, 6) is -1.16. The lowest BCUT2D eigenvalue weighted by Crippen LogP contribution is -2.49. The van der Waals surface area contributed by atoms with E-state index in [9.17, 15) is 13.6 Å². The third-order valence-corrected chi connectivity index (χ3v) is 6.55. The minimum atomic E-state index is -0.974. The molecule has 2 aromatic carbocycles. The predicted octanol–water partition coefficient (Wildman–Crippen LogP) is 5.34. The first-order chi connectivity index (χ1) is 14.8. The van der Waals surface area contributed by atoms with Gasteiger partial charge < -0.3 is 19.3 Å². The highest BCUT2D eigenvalue weighted by Crippen LogP contribution is 2.55. The van der Waals surface area contributed by atoms with Gasteiger partial charge in [-0.3, -0.25) is 0 Å². The average molecular weight is 432 g/mol. The molecule has 0 spiro atoms. The maximum Gasteiger partial charge on any atom is 0.329 e. The van der Waals surface area contributed by atoms with Crippen LogP contribution in [0.15, 0.2) is 36.4 Å². The summed E-state index contributed by atoms with van der Waals surface area (Å²) in [4.78, 5) is 10.6. The van der Waals surface area contributed by atoms with Crippen molar-refractivity contribution in [2.45, 2.75) is 44.6 Å². The maximum absolute atomic E-state index is 14.4. The van der Waals surface area contributed by atoms with E-state index in [-0.39, 0.29) is 17.8 Å². The molecule has 1 saturated carbocycles. The molecule has 0 radical (unpaired) electrons. The number of ether oxygens (including phenoxy) is 3. The molecule has 2 bridgehead atoms. The Kier molecular flexibility index (Phi) is 5.99. The molecule has 2 heterocycles. The Morgan fingerprint density at radius 3 is 2.52 bits per heavy atom. The Balaban J connectivity index is 1.46. The molecule has 0 unspecified atom stereocenters. The van der Waals surface area contributed by atoms with Crippen molar-refractivity contribution in [1.82, 2.24) is 0 Å². The molecule has 3 fully saturated rings. The van der Waals surface area contributed by atoms with Gasteiger partial charge >= 0.3 is 5.97 Å². The van der Waals surface area contributed by atoms with Crippen LogP contribution in [0.25, 0.3) is 0 Å². The van der Waals surface area contributed by atoms with E-state index >= 15 is 0 Å². The van der Waals surface area contributed by atoms with Gasteiger partial charge in [0.25, 0.3) is 0 Å². The average Bonchev–Trinajstić information content (AvgIpc) is 2.75. The zero-order valence-electron chi connectivity index (χ0n) is 17.5. The van der Waals surface area contributed by atoms with Gasteiger partial charge in [0.1, 0.15) is 29.7 Å². The van der Waals surface area contributed by atoms with Crippen LogP contribution in [-0.2, 0) is 19.9 Å². The number of benzene rings is 2. The molecule has 2 aromatic rings. The van der Waals surface area contributed by atoms with E-state index in [1.165, 1.54) is 18.2 Å². The fourth-order valence-electron chi connectivity index (χ4n) is 4.56. The number of hydrogen-bond acceptors (Lipinski definition) is 4. The van der Waals surface area contributed by atoms with E-state index < -0.39 is 17.4 Å². The number of halogens is 2. The van der Waals surface area contributed by atoms with Crippen molar-refractivity contribution in [3.05, 3.63) is 59.2 Å². The van der Waals surface area contributed by atoms with E-state index in [0.717, 1.165) is 37.7 Å². The van der Waals surface area contributed by atoms with E-state index in [0.29, 0.717) is 30.3 Å². The number of hydrogen-bond donors (Lipinski definition) is 1. The number of rotatable bonds is 8. The molecule has 0 atom stereocenters. The summed E-state index contributed by atoms with van der Waals surface area (Å²) >= 11 is 0. The van der Waals surface area contributed by atoms with Crippen LogP contribution in [0.3, 0.4) is 0 Å². The first kappa shape index (κ1) is 21.7. The summed E-state index contributed by atoms with van der Waals surface area (Å²) in [6.45, 7) is 2.28. The second kappa shape index (κ2) is 8.55. The second-order valence-corrected chi connectivity index (χ2v) is 8.67. The van der Waals surface area contributed by atoms with Crippen molar-refractivity contribution >= 4 is 5.97 Å². The van der Waals surface area contributed by atoms with Gasteiger partial charge in [-0.2, -0.15) is 0 Å². The van der Waals surface area contributed by atoms with Crippen molar-refractivity contribution < 1.29 is 32.9 Å². The van der Waals surface area contributed by atoms with Crippen LogP contribution < -0.4 is 4.74 Å². The summed E-state index contributed by atoms with van der Waals surface area (Å²) in [5.41, 5.74) is 0.653. The van der Waals surface area contributed by atoms with Crippen molar-refractivity contribution in [1.29, 1.82) is 0 Å². The van der Waals surface area contributed by atoms with Crippen LogP contribution in [0.4, 0.5) is 8.78 Å². The third-order valence-electron chi connectivity index (χ3n) is 6.55. The minimum absolute atomic E-state index is 0.0215. The summed E-state index contributed by atoms with van der Waals surface area (Å²) in [5, 5.41) is 8.69. The standard InChI is InChI=1S/C24H26F2O5/c1-16-2-3-19(13-21(16)26)31-20-11-17(10-18(25)12-20)24-6-4-23(5-7-24,15-30-24)8-9-29-14-22(27)28/h2-3,10-13H,4-9,14-15H2,1H3,(H,27,28). The van der Waals surface area contributed by atoms with Gasteiger partial charge in [0.2, 0.25) is 0 Å². The van der Waals surface area contributed by atoms with Gasteiger partial charge in [0.05, 0.1) is 12.2 Å². The highest BCUT2D eigenvalue weighted by atomic mass is 19.1. The van der Waals surface area contributed by atoms with Crippen LogP contribution in [0.5, 0.6) is 11.5 Å². The van der Waals surface area contributed by atoms with E-state index in [4.69, 9.17) is 19.3 Å². The van der Waals surface area contributed by atoms with Gasteiger partial charge in [-0.05, 0) is 73.8 Å². The number of carboxylic acid groups (broad SMARTS) is 1. The van der Waals surface area contributed by atoms with Crippen LogP contribution in [0, 0.1) is 24.0 Å². The quantitative estimate of drug-likeness (QED) is 0.570. The Labute approximate surface area is 179 Å². The van der Waals surface area contributed by atoms with Gasteiger partial charge in [-0.15, -0.1) is 0 Å². The Morgan fingerprint density at radius 1 is 1.10 bits per heavy atom. The molecule has 0 aromatic heterocycles. The highest BCUT2D eigenvalue weighted by Gasteiger charge is 2.50. The summed E-state index contributed by atoms with van der Waals surface area (Å²) < 4.78 is 45.5. The highest BCUT2D eigenvalue weighted by molar-refractivity contribution is 5.67. The molecule has 1 aliphatic carbocycles. The van der Waals surface area contributed by atoms with E-state index in [2.05, 4.69) is 0 Å². The summed E-state index contributed by atoms with van der Waals surface area (Å²) in [6.07, 6.45) is 4.04. The zero-order chi connectivity index (χ0) is 22.1. The van der Waals surface area contributed by atoms with Gasteiger partial charge in [-0.25, -0.2) is 13.6 Å². The first-order valence-electron chi connectivity index (χ1n) is 10.5. The normalized spacial score (nSPS) is 24.9. The molecule has 5 rings (SSSR count). The lowest BCUT2D eigenvalue weighted by Gasteiger charge is -2.53. The third kappa shape index (κ3) is 4.72. The first-order valence-corrected chi connectivity index (χ1v) is 10.5. The number of fused-ring (bicyclic) bond motifs is 3. The van der Waals surface area contributed by atoms with Crippen LogP contribution >= 0.6 is 0 Å². The molecule has 0 amide bonds. The van der Waals surface area contributed by atoms with E-state index in [1.807, 2.05) is 0 Å². The molecule has 7 heteroatoms. The Morgan fingerprint density at radius 2 is 1.87 bits per heavy atom. The Hall–Kier alpha value is -2.51. The fourth-order valence-corrected chi connectivity index (χ4v) is 4.56. The fraction of sp³-hybridized carbons (Fsp3) is 0.458. The van der Waals surface area contributed by atoms with Crippen LogP contribution in [0.2, 0.25) is 0 Å². The molecular formula is C24H26F2O5. The van der Waals surface area contributed by atoms with Crippen molar-refractivity contribution in [3.8, 4) is 11.5 Å². The van der Waals surface area contributed by atoms with Gasteiger partial charge in [-0.1, -0.05) is 6.07 Å². The molecule has 2 saturated heterocycles. The molecule has 5 nitrogen and oxygen atoms in total. The lowest BCUT2D eigenvalue weighted by atomic mass is 9.63. The number of aryl methyl sites for hydroxylation is 1. The summed E-state index contributed by atoms with van der Waals surface area (Å²) in [6, 6.07) is 9.10. The number of carbonyl (C=O) groups is 1. The van der Waals surface area contributed by atoms with Crippen molar-refractivity contribution in [3.63, 3.8) is 0 Å². The minimum Gasteiger partial charge on any atom is -0.480 e. The predicted molar refractivity (Wildman–Crippen MR) is 109 cm³/mol. The molecular weight excluding hydrogens is 406 g/mol. The topological polar surface area (TPSA) is 65.0 Å². The SMILES string of the molecule is Cc1ccc(Oc2cc(F)cc(C34CCC(CCOCC(=O)O)(CC3)CO4)c2)cc1F.